The summed E-state index contributed by atoms with van der Waals surface area (Å²) in [5, 5.41) is 2.78. The predicted octanol–water partition coefficient (Wildman–Crippen LogP) is 5.08. The molecule has 40 heavy (non-hydrogen) atoms. The maximum Gasteiger partial charge on any atom is 0.453 e. The molecule has 3 N–H and O–H groups in total. The van der Waals surface area contributed by atoms with Gasteiger partial charge in [0.25, 0.3) is 0 Å². The number of hydrogen-bond acceptors (Lipinski definition) is 6. The Labute approximate surface area is 222 Å². The highest BCUT2D eigenvalue weighted by molar-refractivity contribution is 6.09. The summed E-state index contributed by atoms with van der Waals surface area (Å²) in [6.45, 7) is 0. The molecule has 0 radical (unpaired) electrons. The molecule has 1 unspecified atom stereocenters. The molecule has 3 aromatic heterocycles. The number of aromatic nitrogens is 5. The first-order valence-electron chi connectivity index (χ1n) is 12.4. The van der Waals surface area contributed by atoms with Crippen LogP contribution in [0.4, 0.5) is 38.0 Å². The highest BCUT2D eigenvalue weighted by Gasteiger charge is 2.58. The maximum atomic E-state index is 13.7. The number of nitrogens with zero attached hydrogens (tertiary/aromatic N) is 5. The number of nitrogen functional groups attached to an aromatic ring is 1. The number of anilines is 2. The van der Waals surface area contributed by atoms with Crippen molar-refractivity contribution in [1.82, 2.24) is 24.3 Å². The minimum Gasteiger partial charge on any atom is -0.383 e. The largest absolute Gasteiger partial charge is 0.453 e. The summed E-state index contributed by atoms with van der Waals surface area (Å²) in [5.74, 6) is -5.87. The summed E-state index contributed by atoms with van der Waals surface area (Å²) in [7, 11) is 0. The number of aryl methyl sites for hydroxylation is 1. The fourth-order valence-electron chi connectivity index (χ4n) is 5.54. The molecule has 208 valence electrons. The van der Waals surface area contributed by atoms with E-state index in [1.807, 2.05) is 0 Å². The third-order valence-electron chi connectivity index (χ3n) is 7.70. The van der Waals surface area contributed by atoms with Crippen LogP contribution in [0.3, 0.4) is 0 Å². The number of nitrogens with one attached hydrogen (secondary N) is 1. The Hall–Kier alpha value is -4.23. The summed E-state index contributed by atoms with van der Waals surface area (Å²) in [6.07, 6.45) is -1.34. The van der Waals surface area contributed by atoms with Gasteiger partial charge in [-0.25, -0.2) is 24.3 Å². The number of nitrogens with two attached hydrogens (primary N) is 1. The normalized spacial score (nSPS) is 19.5. The van der Waals surface area contributed by atoms with Gasteiger partial charge in [0, 0.05) is 25.0 Å². The summed E-state index contributed by atoms with van der Waals surface area (Å²) >= 11 is 0. The molecule has 8 nitrogen and oxygen atoms in total. The molecule has 2 aliphatic rings. The zero-order chi connectivity index (χ0) is 28.4. The fraction of sp³-hybridized carbons (Fsp3) is 0.346. The van der Waals surface area contributed by atoms with Crippen LogP contribution in [0.25, 0.3) is 17.2 Å². The smallest absolute Gasteiger partial charge is 0.383 e. The van der Waals surface area contributed by atoms with Gasteiger partial charge in [0.05, 0.1) is 11.3 Å². The van der Waals surface area contributed by atoms with E-state index >= 15 is 0 Å². The van der Waals surface area contributed by atoms with Gasteiger partial charge in [-0.05, 0) is 42.9 Å². The molecule has 1 aromatic carbocycles. The Morgan fingerprint density at radius 1 is 1.07 bits per heavy atom. The van der Waals surface area contributed by atoms with E-state index in [1.165, 1.54) is 47.3 Å². The van der Waals surface area contributed by atoms with Crippen molar-refractivity contribution in [2.45, 2.75) is 49.6 Å². The Kier molecular flexibility index (Phi) is 5.78. The lowest BCUT2D eigenvalue weighted by Gasteiger charge is -2.41. The molecular weight excluding hydrogens is 540 g/mol. The van der Waals surface area contributed by atoms with Crippen molar-refractivity contribution in [2.24, 2.45) is 5.92 Å². The number of benzene rings is 1. The van der Waals surface area contributed by atoms with E-state index in [-0.39, 0.29) is 46.3 Å². The van der Waals surface area contributed by atoms with Crippen molar-refractivity contribution < 1.29 is 31.1 Å². The molecule has 1 aliphatic carbocycles. The van der Waals surface area contributed by atoms with Gasteiger partial charge in [-0.15, -0.1) is 0 Å². The minimum absolute atomic E-state index is 0.0301. The van der Waals surface area contributed by atoms with Crippen molar-refractivity contribution in [3.63, 3.8) is 0 Å². The number of carbonyl (C=O) groups is 1. The molecule has 0 saturated heterocycles. The number of imidazole rings is 1. The number of amides is 1. The maximum absolute atomic E-state index is 13.7. The standard InChI is InChI=1S/C26H21F6N7O/c27-15-6-4-14(5-7-15)25(13-2-1-3-13)18-19(33)36-20(37-21(18)38-23(25)40)17-12-39-11-10-34-22(39)16(35-17)8-9-24(28,29)26(30,31)32/h4-7,10-13H,1-3,8-9H2,(H3,33,36,37,38,40). The SMILES string of the molecule is Nc1nc(-c2cn3ccnc3c(CCC(F)(F)C(F)(F)F)n2)nc2c1C(c1ccc(F)cc1)(C1CCC1)C(=O)N2. The molecule has 4 aromatic rings. The number of halogens is 6. The minimum atomic E-state index is -5.70. The molecule has 1 saturated carbocycles. The molecule has 6 rings (SSSR count). The van der Waals surface area contributed by atoms with Gasteiger partial charge in [-0.1, -0.05) is 18.6 Å². The van der Waals surface area contributed by atoms with Crippen LogP contribution in [-0.4, -0.2) is 42.3 Å². The van der Waals surface area contributed by atoms with Crippen LogP contribution in [0, 0.1) is 11.7 Å². The van der Waals surface area contributed by atoms with E-state index in [2.05, 4.69) is 25.3 Å². The lowest BCUT2D eigenvalue weighted by Crippen LogP contribution is -2.46. The van der Waals surface area contributed by atoms with Crippen molar-refractivity contribution in [2.75, 3.05) is 11.1 Å². The molecule has 1 aliphatic heterocycles. The average molecular weight is 561 g/mol. The van der Waals surface area contributed by atoms with Crippen molar-refractivity contribution in [3.05, 3.63) is 65.5 Å². The van der Waals surface area contributed by atoms with E-state index in [9.17, 15) is 31.1 Å². The van der Waals surface area contributed by atoms with Crippen molar-refractivity contribution >= 4 is 23.2 Å². The Morgan fingerprint density at radius 2 is 1.80 bits per heavy atom. The Morgan fingerprint density at radius 3 is 2.45 bits per heavy atom. The number of hydrogen-bond donors (Lipinski definition) is 2. The molecule has 4 heterocycles. The Balaban J connectivity index is 1.44. The second-order valence-corrected chi connectivity index (χ2v) is 9.99. The van der Waals surface area contributed by atoms with Crippen molar-refractivity contribution in [3.8, 4) is 11.5 Å². The van der Waals surface area contributed by atoms with E-state index in [0.29, 0.717) is 11.1 Å². The highest BCUT2D eigenvalue weighted by Crippen LogP contribution is 2.55. The number of fused-ring (bicyclic) bond motifs is 2. The van der Waals surface area contributed by atoms with Crippen molar-refractivity contribution in [1.29, 1.82) is 0 Å². The fourth-order valence-corrected chi connectivity index (χ4v) is 5.54. The topological polar surface area (TPSA) is 111 Å². The van der Waals surface area contributed by atoms with Gasteiger partial charge >= 0.3 is 12.1 Å². The summed E-state index contributed by atoms with van der Waals surface area (Å²) < 4.78 is 80.7. The van der Waals surface area contributed by atoms with Crippen LogP contribution < -0.4 is 11.1 Å². The summed E-state index contributed by atoms with van der Waals surface area (Å²) in [5.41, 5.74) is 6.11. The first kappa shape index (κ1) is 26.0. The molecule has 14 heteroatoms. The average Bonchev–Trinajstić information content (AvgIpc) is 3.44. The van der Waals surface area contributed by atoms with Crippen LogP contribution in [0.15, 0.2) is 42.9 Å². The van der Waals surface area contributed by atoms with E-state index < -0.39 is 36.2 Å². The lowest BCUT2D eigenvalue weighted by atomic mass is 9.59. The first-order chi connectivity index (χ1) is 18.9. The van der Waals surface area contributed by atoms with Gasteiger partial charge in [0.15, 0.2) is 11.5 Å². The van der Waals surface area contributed by atoms with Gasteiger partial charge in [0.1, 0.15) is 28.6 Å². The third-order valence-corrected chi connectivity index (χ3v) is 7.70. The molecule has 1 amide bonds. The number of rotatable bonds is 6. The highest BCUT2D eigenvalue weighted by atomic mass is 19.4. The molecule has 0 spiro atoms. The van der Waals surface area contributed by atoms with Gasteiger partial charge in [-0.3, -0.25) is 4.79 Å². The molecule has 1 fully saturated rings. The quantitative estimate of drug-likeness (QED) is 0.318. The summed E-state index contributed by atoms with van der Waals surface area (Å²) in [6, 6.07) is 5.60. The van der Waals surface area contributed by atoms with Gasteiger partial charge < -0.3 is 15.5 Å². The second-order valence-electron chi connectivity index (χ2n) is 9.99. The lowest BCUT2D eigenvalue weighted by molar-refractivity contribution is -0.284. The monoisotopic (exact) mass is 561 g/mol. The van der Waals surface area contributed by atoms with E-state index in [1.54, 1.807) is 0 Å². The van der Waals surface area contributed by atoms with Gasteiger partial charge in [-0.2, -0.15) is 22.0 Å². The van der Waals surface area contributed by atoms with Crippen LogP contribution in [0.2, 0.25) is 0 Å². The van der Waals surface area contributed by atoms with Crippen LogP contribution >= 0.6 is 0 Å². The summed E-state index contributed by atoms with van der Waals surface area (Å²) in [4.78, 5) is 30.7. The first-order valence-corrected chi connectivity index (χ1v) is 12.4. The van der Waals surface area contributed by atoms with Crippen LogP contribution in [-0.2, 0) is 16.6 Å². The molecular formula is C26H21F6N7O. The van der Waals surface area contributed by atoms with E-state index in [0.717, 1.165) is 19.3 Å². The zero-order valence-electron chi connectivity index (χ0n) is 20.6. The predicted molar refractivity (Wildman–Crippen MR) is 131 cm³/mol. The van der Waals surface area contributed by atoms with Crippen LogP contribution in [0.5, 0.6) is 0 Å². The zero-order valence-corrected chi connectivity index (χ0v) is 20.6. The molecule has 1 atom stereocenters. The van der Waals surface area contributed by atoms with Crippen LogP contribution in [0.1, 0.15) is 42.5 Å². The van der Waals surface area contributed by atoms with E-state index in [4.69, 9.17) is 5.73 Å². The Bertz CT molecular complexity index is 1630. The number of alkyl halides is 5. The van der Waals surface area contributed by atoms with Gasteiger partial charge in [0.2, 0.25) is 5.91 Å². The third kappa shape index (κ3) is 3.87. The second kappa shape index (κ2) is 8.89. The molecule has 0 bridgehead atoms. The number of carbonyl (C=O) groups excluding carboxylic acids is 1.